The van der Waals surface area contributed by atoms with Crippen molar-refractivity contribution < 1.29 is 9.47 Å². The van der Waals surface area contributed by atoms with Gasteiger partial charge in [-0.25, -0.2) is 0 Å². The minimum Gasteiger partial charge on any atom is -0.492 e. The second-order valence-corrected chi connectivity index (χ2v) is 8.56. The van der Waals surface area contributed by atoms with Gasteiger partial charge in [-0.05, 0) is 43.0 Å². The molecule has 0 aliphatic carbocycles. The molecule has 2 aromatic rings. The summed E-state index contributed by atoms with van der Waals surface area (Å²) in [5.74, 6) is 1.05. The molecule has 1 aromatic heterocycles. The molecule has 2 aliphatic rings. The monoisotopic (exact) mass is 372 g/mol. The third-order valence-electron chi connectivity index (χ3n) is 5.04. The minimum atomic E-state index is 0.309. The van der Waals surface area contributed by atoms with Crippen molar-refractivity contribution in [1.29, 1.82) is 0 Å². The van der Waals surface area contributed by atoms with Crippen molar-refractivity contribution in [1.82, 2.24) is 9.80 Å². The van der Waals surface area contributed by atoms with Gasteiger partial charge in [0.1, 0.15) is 12.4 Å². The molecule has 1 aromatic carbocycles. The number of nitrogens with zero attached hydrogens (tertiary/aromatic N) is 2. The fourth-order valence-corrected chi connectivity index (χ4v) is 4.78. The lowest BCUT2D eigenvalue weighted by Gasteiger charge is -2.35. The molecule has 0 spiro atoms. The number of fused-ring (bicyclic) bond motifs is 1. The number of benzene rings is 1. The smallest absolute Gasteiger partial charge is 0.123 e. The largest absolute Gasteiger partial charge is 0.492 e. The summed E-state index contributed by atoms with van der Waals surface area (Å²) < 4.78 is 11.9. The molecular weight excluding hydrogens is 344 g/mol. The number of rotatable bonds is 4. The van der Waals surface area contributed by atoms with Gasteiger partial charge < -0.3 is 9.47 Å². The molecule has 0 bridgehead atoms. The van der Waals surface area contributed by atoms with E-state index in [4.69, 9.17) is 9.47 Å². The highest BCUT2D eigenvalue weighted by Gasteiger charge is 2.23. The number of hydrogen-bond acceptors (Lipinski definition) is 5. The molecule has 0 saturated carbocycles. The van der Waals surface area contributed by atoms with E-state index < -0.39 is 0 Å². The van der Waals surface area contributed by atoms with Crippen molar-refractivity contribution >= 4 is 11.3 Å². The topological polar surface area (TPSA) is 24.9 Å². The Balaban J connectivity index is 1.45. The molecule has 3 heterocycles. The third-order valence-corrected chi connectivity index (χ3v) is 5.91. The fourth-order valence-electron chi connectivity index (χ4n) is 4.03. The van der Waals surface area contributed by atoms with Gasteiger partial charge in [-0.15, -0.1) is 11.3 Å². The van der Waals surface area contributed by atoms with E-state index in [1.165, 1.54) is 16.0 Å². The maximum absolute atomic E-state index is 6.01. The van der Waals surface area contributed by atoms with Gasteiger partial charge in [0.05, 0.1) is 12.2 Å². The molecule has 4 nitrogen and oxygen atoms in total. The van der Waals surface area contributed by atoms with Crippen LogP contribution in [0, 0.1) is 0 Å². The van der Waals surface area contributed by atoms with Crippen LogP contribution in [0.2, 0.25) is 0 Å². The van der Waals surface area contributed by atoms with Crippen LogP contribution in [0.5, 0.6) is 5.75 Å². The average Bonchev–Trinajstić information content (AvgIpc) is 3.00. The van der Waals surface area contributed by atoms with Crippen molar-refractivity contribution in [2.75, 3.05) is 26.2 Å². The molecule has 0 unspecified atom stereocenters. The van der Waals surface area contributed by atoms with Crippen LogP contribution in [0.3, 0.4) is 0 Å². The minimum absolute atomic E-state index is 0.309. The second-order valence-electron chi connectivity index (χ2n) is 7.53. The first-order valence-electron chi connectivity index (χ1n) is 9.53. The van der Waals surface area contributed by atoms with Crippen LogP contribution in [0.15, 0.2) is 35.7 Å². The summed E-state index contributed by atoms with van der Waals surface area (Å²) in [6, 6.07) is 11.1. The van der Waals surface area contributed by atoms with Gasteiger partial charge >= 0.3 is 0 Å². The van der Waals surface area contributed by atoms with E-state index in [1.54, 1.807) is 0 Å². The Morgan fingerprint density at radius 2 is 1.92 bits per heavy atom. The van der Waals surface area contributed by atoms with Gasteiger partial charge in [-0.1, -0.05) is 12.1 Å². The van der Waals surface area contributed by atoms with Crippen LogP contribution in [-0.4, -0.2) is 48.2 Å². The predicted molar refractivity (Wildman–Crippen MR) is 106 cm³/mol. The molecule has 26 heavy (non-hydrogen) atoms. The Hall–Kier alpha value is -1.40. The molecule has 1 saturated heterocycles. The van der Waals surface area contributed by atoms with E-state index in [9.17, 15) is 0 Å². The lowest BCUT2D eigenvalue weighted by Crippen LogP contribution is -2.44. The number of thiophene rings is 1. The Morgan fingerprint density at radius 1 is 1.08 bits per heavy atom. The van der Waals surface area contributed by atoms with Crippen LogP contribution in [-0.2, 0) is 24.4 Å². The summed E-state index contributed by atoms with van der Waals surface area (Å²) in [4.78, 5) is 6.41. The highest BCUT2D eigenvalue weighted by atomic mass is 32.1. The average molecular weight is 373 g/mol. The SMILES string of the molecule is C[C@@H]1CN(Cc2ccc3c(c2)CN(Cc2cccs2)CCO3)C[C@H](C)O1. The van der Waals surface area contributed by atoms with Crippen molar-refractivity contribution in [3.05, 3.63) is 51.7 Å². The van der Waals surface area contributed by atoms with Crippen molar-refractivity contribution in [2.24, 2.45) is 0 Å². The summed E-state index contributed by atoms with van der Waals surface area (Å²) in [6.45, 7) is 11.0. The summed E-state index contributed by atoms with van der Waals surface area (Å²) >= 11 is 1.83. The molecule has 0 N–H and O–H groups in total. The number of morpholine rings is 1. The standard InChI is InChI=1S/C21H28N2O2S/c1-16-11-23(12-17(2)25-16)13-18-5-6-21-19(10-18)14-22(7-8-24-21)15-20-4-3-9-26-20/h3-6,9-10,16-17H,7-8,11-15H2,1-2H3/t16-,17+. The van der Waals surface area contributed by atoms with E-state index in [2.05, 4.69) is 59.4 Å². The summed E-state index contributed by atoms with van der Waals surface area (Å²) in [5, 5.41) is 2.15. The van der Waals surface area contributed by atoms with Gasteiger partial charge in [0, 0.05) is 49.7 Å². The quantitative estimate of drug-likeness (QED) is 0.816. The number of ether oxygens (including phenoxy) is 2. The maximum Gasteiger partial charge on any atom is 0.123 e. The third kappa shape index (κ3) is 4.46. The van der Waals surface area contributed by atoms with E-state index in [-0.39, 0.29) is 0 Å². The lowest BCUT2D eigenvalue weighted by atomic mass is 10.1. The van der Waals surface area contributed by atoms with Crippen LogP contribution >= 0.6 is 11.3 Å². The Labute approximate surface area is 160 Å². The van der Waals surface area contributed by atoms with E-state index >= 15 is 0 Å². The summed E-state index contributed by atoms with van der Waals surface area (Å²) in [7, 11) is 0. The Bertz CT molecular complexity index is 709. The normalized spacial score (nSPS) is 24.7. The molecule has 0 radical (unpaired) electrons. The highest BCUT2D eigenvalue weighted by Crippen LogP contribution is 2.27. The van der Waals surface area contributed by atoms with E-state index in [1.807, 2.05) is 11.3 Å². The van der Waals surface area contributed by atoms with Crippen LogP contribution in [0.4, 0.5) is 0 Å². The van der Waals surface area contributed by atoms with Crippen LogP contribution < -0.4 is 4.74 Å². The fraction of sp³-hybridized carbons (Fsp3) is 0.524. The van der Waals surface area contributed by atoms with Gasteiger partial charge in [0.2, 0.25) is 0 Å². The first-order chi connectivity index (χ1) is 12.7. The maximum atomic E-state index is 6.01. The van der Waals surface area contributed by atoms with Gasteiger partial charge in [-0.2, -0.15) is 0 Å². The first kappa shape index (κ1) is 18.0. The predicted octanol–water partition coefficient (Wildman–Crippen LogP) is 3.75. The van der Waals surface area contributed by atoms with Crippen LogP contribution in [0.1, 0.15) is 29.9 Å². The highest BCUT2D eigenvalue weighted by molar-refractivity contribution is 7.09. The second kappa shape index (κ2) is 8.09. The number of hydrogen-bond donors (Lipinski definition) is 0. The zero-order chi connectivity index (χ0) is 17.9. The molecular formula is C21H28N2O2S. The Morgan fingerprint density at radius 3 is 2.69 bits per heavy atom. The van der Waals surface area contributed by atoms with E-state index in [0.717, 1.165) is 51.6 Å². The van der Waals surface area contributed by atoms with Crippen molar-refractivity contribution in [3.8, 4) is 5.75 Å². The zero-order valence-electron chi connectivity index (χ0n) is 15.7. The van der Waals surface area contributed by atoms with Gasteiger partial charge in [-0.3, -0.25) is 9.80 Å². The molecule has 0 amide bonds. The molecule has 2 atom stereocenters. The Kier molecular flexibility index (Phi) is 5.60. The lowest BCUT2D eigenvalue weighted by molar-refractivity contribution is -0.0704. The molecule has 1 fully saturated rings. The molecule has 2 aliphatic heterocycles. The molecule has 4 rings (SSSR count). The van der Waals surface area contributed by atoms with Crippen LogP contribution in [0.25, 0.3) is 0 Å². The van der Waals surface area contributed by atoms with Crippen molar-refractivity contribution in [2.45, 2.75) is 45.7 Å². The summed E-state index contributed by atoms with van der Waals surface area (Å²) in [6.07, 6.45) is 0.619. The van der Waals surface area contributed by atoms with Gasteiger partial charge in [0.25, 0.3) is 0 Å². The first-order valence-corrected chi connectivity index (χ1v) is 10.4. The molecule has 140 valence electrons. The zero-order valence-corrected chi connectivity index (χ0v) is 16.5. The molecule has 5 heteroatoms. The van der Waals surface area contributed by atoms with E-state index in [0.29, 0.717) is 12.2 Å². The summed E-state index contributed by atoms with van der Waals surface area (Å²) in [5.41, 5.74) is 2.68. The van der Waals surface area contributed by atoms with Crippen molar-refractivity contribution in [3.63, 3.8) is 0 Å². The van der Waals surface area contributed by atoms with Gasteiger partial charge in [0.15, 0.2) is 0 Å².